The van der Waals surface area contributed by atoms with Crippen LogP contribution in [0, 0.1) is 10.8 Å². The molecule has 0 rings (SSSR count). The minimum atomic E-state index is -1.04. The van der Waals surface area contributed by atoms with Crippen molar-refractivity contribution in [3.63, 3.8) is 0 Å². The van der Waals surface area contributed by atoms with E-state index in [0.29, 0.717) is 4.90 Å². The van der Waals surface area contributed by atoms with E-state index in [1.54, 1.807) is 0 Å². The fourth-order valence-electron chi connectivity index (χ4n) is 0.367. The van der Waals surface area contributed by atoms with Crippen LogP contribution in [0.1, 0.15) is 0 Å². The molecule has 0 aliphatic rings. The first-order valence-electron chi connectivity index (χ1n) is 2.24. The zero-order valence-electron chi connectivity index (χ0n) is 5.09. The van der Waals surface area contributed by atoms with Gasteiger partial charge in [0.2, 0.25) is 11.9 Å². The van der Waals surface area contributed by atoms with Gasteiger partial charge in [-0.25, -0.2) is 9.69 Å². The molecule has 0 aromatic rings. The molecule has 0 aromatic heterocycles. The number of rotatable bonds is 0. The van der Waals surface area contributed by atoms with Crippen LogP contribution < -0.4 is 17.2 Å². The van der Waals surface area contributed by atoms with Crippen LogP contribution in [0.2, 0.25) is 0 Å². The third-order valence-electron chi connectivity index (χ3n) is 0.702. The van der Waals surface area contributed by atoms with Gasteiger partial charge in [-0.05, 0) is 0 Å². The summed E-state index contributed by atoms with van der Waals surface area (Å²) in [5.41, 5.74) is 14.3. The van der Waals surface area contributed by atoms with Gasteiger partial charge in [-0.1, -0.05) is 0 Å². The van der Waals surface area contributed by atoms with Gasteiger partial charge in [-0.15, -0.1) is 0 Å². The number of carbonyl (C=O) groups excluding carboxylic acids is 1. The van der Waals surface area contributed by atoms with E-state index in [-0.39, 0.29) is 0 Å². The predicted octanol–water partition coefficient (Wildman–Crippen LogP) is -1.85. The van der Waals surface area contributed by atoms with Crippen molar-refractivity contribution in [3.8, 4) is 0 Å². The summed E-state index contributed by atoms with van der Waals surface area (Å²) in [4.78, 5) is 10.6. The fourth-order valence-corrected chi connectivity index (χ4v) is 0.367. The molecule has 7 nitrogen and oxygen atoms in total. The molecule has 2 amide bonds. The SMILES string of the molecule is N=C(N)N(C(=N)N)C(N)=O. The van der Waals surface area contributed by atoms with Gasteiger partial charge in [0.1, 0.15) is 0 Å². The van der Waals surface area contributed by atoms with Crippen molar-refractivity contribution in [1.29, 1.82) is 10.8 Å². The maximum atomic E-state index is 10.3. The molecule has 7 heteroatoms. The van der Waals surface area contributed by atoms with Crippen LogP contribution in [0.15, 0.2) is 0 Å². The van der Waals surface area contributed by atoms with Crippen LogP contribution in [-0.2, 0) is 0 Å². The zero-order valence-corrected chi connectivity index (χ0v) is 5.09. The van der Waals surface area contributed by atoms with Gasteiger partial charge in [0.15, 0.2) is 0 Å². The Morgan fingerprint density at radius 3 is 1.40 bits per heavy atom. The number of guanidine groups is 2. The molecular weight excluding hydrogens is 136 g/mol. The molecule has 8 N–H and O–H groups in total. The molecule has 0 heterocycles. The van der Waals surface area contributed by atoms with Crippen LogP contribution in [0.3, 0.4) is 0 Å². The molecule has 0 saturated carbocycles. The molecule has 0 saturated heterocycles. The smallest absolute Gasteiger partial charge is 0.328 e. The van der Waals surface area contributed by atoms with E-state index < -0.39 is 18.0 Å². The monoisotopic (exact) mass is 144 g/mol. The molecule has 0 fully saturated rings. The Morgan fingerprint density at radius 1 is 1.10 bits per heavy atom. The summed E-state index contributed by atoms with van der Waals surface area (Å²) in [5, 5.41) is 13.4. The quantitative estimate of drug-likeness (QED) is 0.201. The summed E-state index contributed by atoms with van der Waals surface area (Å²) in [6.07, 6.45) is 0. The third-order valence-corrected chi connectivity index (χ3v) is 0.702. The summed E-state index contributed by atoms with van der Waals surface area (Å²) in [7, 11) is 0. The molecule has 0 spiro atoms. The summed E-state index contributed by atoms with van der Waals surface area (Å²) in [6, 6.07) is -1.04. The van der Waals surface area contributed by atoms with E-state index in [2.05, 4.69) is 5.73 Å². The van der Waals surface area contributed by atoms with Gasteiger partial charge in [-0.3, -0.25) is 10.8 Å². The highest BCUT2D eigenvalue weighted by Gasteiger charge is 2.14. The fraction of sp³-hybridized carbons (Fsp3) is 0. The highest BCUT2D eigenvalue weighted by Crippen LogP contribution is 1.81. The maximum Gasteiger partial charge on any atom is 0.328 e. The summed E-state index contributed by atoms with van der Waals surface area (Å²) >= 11 is 0. The molecule has 56 valence electrons. The normalized spacial score (nSPS) is 8.40. The molecule has 0 atom stereocenters. The van der Waals surface area contributed by atoms with E-state index in [9.17, 15) is 4.79 Å². The standard InChI is InChI=1S/C3H8N6O/c4-1(5)9(2(6)7)3(8)10/h(H3,4,5)(H3,6,7)(H2,8,10). The van der Waals surface area contributed by atoms with Gasteiger partial charge in [0.05, 0.1) is 0 Å². The van der Waals surface area contributed by atoms with Crippen molar-refractivity contribution in [2.75, 3.05) is 0 Å². The highest BCUT2D eigenvalue weighted by atomic mass is 16.2. The van der Waals surface area contributed by atoms with Crippen molar-refractivity contribution in [3.05, 3.63) is 0 Å². The summed E-state index contributed by atoms with van der Waals surface area (Å²) in [5.74, 6) is -1.33. The lowest BCUT2D eigenvalue weighted by Crippen LogP contribution is -2.51. The number of carbonyl (C=O) groups is 1. The van der Waals surface area contributed by atoms with Gasteiger partial charge in [-0.2, -0.15) is 0 Å². The second kappa shape index (κ2) is 2.67. The Bertz CT molecular complexity index is 152. The van der Waals surface area contributed by atoms with Gasteiger partial charge >= 0.3 is 6.03 Å². The number of urea groups is 1. The minimum absolute atomic E-state index is 0.361. The zero-order chi connectivity index (χ0) is 8.31. The number of nitrogens with zero attached hydrogens (tertiary/aromatic N) is 1. The topological polar surface area (TPSA) is 146 Å². The third kappa shape index (κ3) is 1.62. The van der Waals surface area contributed by atoms with Crippen LogP contribution >= 0.6 is 0 Å². The van der Waals surface area contributed by atoms with Gasteiger partial charge in [0, 0.05) is 0 Å². The molecule has 0 unspecified atom stereocenters. The second-order valence-electron chi connectivity index (χ2n) is 1.44. The average molecular weight is 144 g/mol. The number of hydrogen-bond donors (Lipinski definition) is 5. The van der Waals surface area contributed by atoms with Crippen molar-refractivity contribution in [2.24, 2.45) is 17.2 Å². The van der Waals surface area contributed by atoms with E-state index in [1.165, 1.54) is 0 Å². The highest BCUT2D eigenvalue weighted by molar-refractivity contribution is 6.09. The minimum Gasteiger partial charge on any atom is -0.369 e. The van der Waals surface area contributed by atoms with Crippen LogP contribution in [0.5, 0.6) is 0 Å². The molecule has 0 aliphatic carbocycles. The van der Waals surface area contributed by atoms with E-state index >= 15 is 0 Å². The Balaban J connectivity index is 4.43. The van der Waals surface area contributed by atoms with Gasteiger partial charge < -0.3 is 17.2 Å². The summed E-state index contributed by atoms with van der Waals surface area (Å²) < 4.78 is 0. The Kier molecular flexibility index (Phi) is 2.19. The van der Waals surface area contributed by atoms with Crippen molar-refractivity contribution in [1.82, 2.24) is 4.90 Å². The Labute approximate surface area is 56.8 Å². The van der Waals surface area contributed by atoms with Crippen molar-refractivity contribution in [2.45, 2.75) is 0 Å². The van der Waals surface area contributed by atoms with Crippen LogP contribution in [-0.4, -0.2) is 22.9 Å². The second-order valence-corrected chi connectivity index (χ2v) is 1.44. The maximum absolute atomic E-state index is 10.3. The largest absolute Gasteiger partial charge is 0.369 e. The first-order valence-corrected chi connectivity index (χ1v) is 2.24. The van der Waals surface area contributed by atoms with Crippen LogP contribution in [0.25, 0.3) is 0 Å². The number of hydrogen-bond acceptors (Lipinski definition) is 3. The molecule has 0 radical (unpaired) electrons. The molecule has 0 aliphatic heterocycles. The Hall–Kier alpha value is -1.79. The van der Waals surface area contributed by atoms with E-state index in [4.69, 9.17) is 22.3 Å². The number of primary amides is 1. The molecule has 10 heavy (non-hydrogen) atoms. The van der Waals surface area contributed by atoms with E-state index in [0.717, 1.165) is 0 Å². The molecular formula is C3H8N6O. The lowest BCUT2D eigenvalue weighted by molar-refractivity contribution is 0.241. The Morgan fingerprint density at radius 2 is 1.40 bits per heavy atom. The number of nitrogens with two attached hydrogens (primary N) is 3. The lowest BCUT2D eigenvalue weighted by Gasteiger charge is -2.14. The average Bonchev–Trinajstić information content (AvgIpc) is 1.59. The van der Waals surface area contributed by atoms with E-state index in [1.807, 2.05) is 0 Å². The molecule has 0 aromatic carbocycles. The van der Waals surface area contributed by atoms with Gasteiger partial charge in [0.25, 0.3) is 0 Å². The summed E-state index contributed by atoms with van der Waals surface area (Å²) in [6.45, 7) is 0. The lowest BCUT2D eigenvalue weighted by atomic mass is 10.7. The first kappa shape index (κ1) is 8.21. The number of amides is 2. The molecule has 0 bridgehead atoms. The predicted molar refractivity (Wildman–Crippen MR) is 35.3 cm³/mol. The van der Waals surface area contributed by atoms with Crippen LogP contribution in [0.4, 0.5) is 4.79 Å². The first-order chi connectivity index (χ1) is 4.46. The van der Waals surface area contributed by atoms with Crippen molar-refractivity contribution < 1.29 is 4.79 Å². The van der Waals surface area contributed by atoms with Crippen molar-refractivity contribution >= 4 is 18.0 Å². The number of nitrogens with one attached hydrogen (secondary N) is 2.